The number of aryl methyl sites for hydroxylation is 1. The summed E-state index contributed by atoms with van der Waals surface area (Å²) in [5, 5.41) is 6.93. The van der Waals surface area contributed by atoms with Gasteiger partial charge >= 0.3 is 0 Å². The molecule has 25 heavy (non-hydrogen) atoms. The zero-order valence-electron chi connectivity index (χ0n) is 14.3. The number of carbonyl (C=O) groups is 1. The Bertz CT molecular complexity index is 765. The van der Waals surface area contributed by atoms with Crippen molar-refractivity contribution in [2.24, 2.45) is 0 Å². The minimum Gasteiger partial charge on any atom is -0.481 e. The molecule has 2 aromatic rings. The van der Waals surface area contributed by atoms with E-state index in [-0.39, 0.29) is 18.3 Å². The number of hydrogen-bond donors (Lipinski definition) is 2. The minimum atomic E-state index is -0.568. The van der Waals surface area contributed by atoms with Crippen LogP contribution in [0.5, 0.6) is 5.75 Å². The predicted octanol–water partition coefficient (Wildman–Crippen LogP) is 3.76. The topological polar surface area (TPSA) is 50.4 Å². The van der Waals surface area contributed by atoms with Crippen LogP contribution < -0.4 is 15.4 Å². The maximum atomic E-state index is 12.2. The second-order valence-electron chi connectivity index (χ2n) is 6.10. The summed E-state index contributed by atoms with van der Waals surface area (Å²) in [5.74, 6) is 0.504. The summed E-state index contributed by atoms with van der Waals surface area (Å²) in [5.41, 5.74) is 4.66. The Morgan fingerprint density at radius 3 is 2.76 bits per heavy atom. The van der Waals surface area contributed by atoms with Crippen LogP contribution in [0.4, 0.5) is 0 Å². The zero-order valence-corrected chi connectivity index (χ0v) is 15.8. The lowest BCUT2D eigenvalue weighted by atomic mass is 10.1. The molecule has 0 aliphatic carbocycles. The third-order valence-corrected chi connectivity index (χ3v) is 4.60. The first-order chi connectivity index (χ1) is 11.5. The van der Waals surface area contributed by atoms with Gasteiger partial charge in [-0.1, -0.05) is 29.8 Å². The third kappa shape index (κ3) is 4.88. The molecule has 3 rings (SSSR count). The molecular weight excluding hydrogens is 359 g/mol. The van der Waals surface area contributed by atoms with Gasteiger partial charge in [0.2, 0.25) is 0 Å². The average Bonchev–Trinajstić information content (AvgIpc) is 3.03. The smallest absolute Gasteiger partial charge is 0.261 e. The van der Waals surface area contributed by atoms with Gasteiger partial charge in [-0.05, 0) is 54.3 Å². The summed E-state index contributed by atoms with van der Waals surface area (Å²) in [7, 11) is 0. The first-order valence-corrected chi connectivity index (χ1v) is 8.42. The van der Waals surface area contributed by atoms with Crippen LogP contribution in [-0.2, 0) is 24.4 Å². The fourth-order valence-corrected chi connectivity index (χ4v) is 2.86. The van der Waals surface area contributed by atoms with Crippen molar-refractivity contribution in [3.05, 3.63) is 63.7 Å². The van der Waals surface area contributed by atoms with Crippen molar-refractivity contribution in [2.45, 2.75) is 39.6 Å². The molecule has 0 spiro atoms. The Morgan fingerprint density at radius 2 is 2.00 bits per heavy atom. The van der Waals surface area contributed by atoms with Gasteiger partial charge in [0, 0.05) is 24.7 Å². The highest BCUT2D eigenvalue weighted by atomic mass is 35.5. The molecule has 0 aromatic heterocycles. The summed E-state index contributed by atoms with van der Waals surface area (Å²) in [4.78, 5) is 12.2. The molecule has 2 aromatic carbocycles. The molecule has 1 amide bonds. The van der Waals surface area contributed by atoms with Crippen LogP contribution in [0.25, 0.3) is 0 Å². The second kappa shape index (κ2) is 8.56. The van der Waals surface area contributed by atoms with E-state index in [0.717, 1.165) is 24.2 Å². The molecule has 6 heteroatoms. The fraction of sp³-hybridized carbons (Fsp3) is 0.316. The molecule has 0 saturated heterocycles. The molecule has 134 valence electrons. The van der Waals surface area contributed by atoms with E-state index >= 15 is 0 Å². The fourth-order valence-electron chi connectivity index (χ4n) is 2.74. The largest absolute Gasteiger partial charge is 0.481 e. The summed E-state index contributed by atoms with van der Waals surface area (Å²) in [6.07, 6.45) is -0.568. The molecule has 1 aliphatic rings. The number of benzene rings is 2. The van der Waals surface area contributed by atoms with Crippen LogP contribution >= 0.6 is 24.0 Å². The molecule has 2 N–H and O–H groups in total. The van der Waals surface area contributed by atoms with Crippen LogP contribution in [0, 0.1) is 6.92 Å². The maximum Gasteiger partial charge on any atom is 0.261 e. The number of carbonyl (C=O) groups excluding carboxylic acids is 1. The second-order valence-corrected chi connectivity index (χ2v) is 6.50. The number of amides is 1. The Hall–Kier alpha value is -1.75. The van der Waals surface area contributed by atoms with Crippen molar-refractivity contribution in [3.63, 3.8) is 0 Å². The molecule has 1 atom stereocenters. The molecule has 0 bridgehead atoms. The molecular formula is C19H22Cl2N2O2. The van der Waals surface area contributed by atoms with Crippen LogP contribution in [0.3, 0.4) is 0 Å². The Balaban J connectivity index is 0.00000225. The first kappa shape index (κ1) is 19.6. The molecule has 1 heterocycles. The number of fused-ring (bicyclic) bond motifs is 1. The molecule has 1 unspecified atom stereocenters. The Kier molecular flexibility index (Phi) is 6.71. The van der Waals surface area contributed by atoms with Gasteiger partial charge in [-0.2, -0.15) is 0 Å². The van der Waals surface area contributed by atoms with Crippen LogP contribution in [0.2, 0.25) is 5.02 Å². The first-order valence-electron chi connectivity index (χ1n) is 8.05. The number of ether oxygens (including phenoxy) is 1. The van der Waals surface area contributed by atoms with Crippen molar-refractivity contribution in [1.29, 1.82) is 0 Å². The highest BCUT2D eigenvalue weighted by Gasteiger charge is 2.15. The molecule has 0 radical (unpaired) electrons. The maximum absolute atomic E-state index is 12.2. The Morgan fingerprint density at radius 1 is 1.24 bits per heavy atom. The van der Waals surface area contributed by atoms with Gasteiger partial charge in [0.05, 0.1) is 0 Å². The summed E-state index contributed by atoms with van der Waals surface area (Å²) in [6.45, 7) is 5.97. The van der Waals surface area contributed by atoms with Crippen LogP contribution in [0.15, 0.2) is 36.4 Å². The lowest BCUT2D eigenvalue weighted by Gasteiger charge is -2.15. The zero-order chi connectivity index (χ0) is 17.1. The van der Waals surface area contributed by atoms with E-state index < -0.39 is 6.10 Å². The monoisotopic (exact) mass is 380 g/mol. The highest BCUT2D eigenvalue weighted by molar-refractivity contribution is 6.31. The van der Waals surface area contributed by atoms with Gasteiger partial charge in [-0.3, -0.25) is 4.79 Å². The quantitative estimate of drug-likeness (QED) is 0.829. The van der Waals surface area contributed by atoms with Gasteiger partial charge < -0.3 is 15.4 Å². The standard InChI is InChI=1S/C19H21ClN2O2.ClH/c1-12-7-17(5-6-18(12)20)24-13(2)19(23)22-9-14-3-4-15-10-21-11-16(15)8-14;/h3-8,13,21H,9-11H2,1-2H3,(H,22,23);1H. The summed E-state index contributed by atoms with van der Waals surface area (Å²) in [6, 6.07) is 11.7. The highest BCUT2D eigenvalue weighted by Crippen LogP contribution is 2.22. The van der Waals surface area contributed by atoms with E-state index in [2.05, 4.69) is 28.8 Å². The van der Waals surface area contributed by atoms with E-state index in [1.165, 1.54) is 11.1 Å². The SMILES string of the molecule is Cc1cc(OC(C)C(=O)NCc2ccc3c(c2)CNC3)ccc1Cl.Cl. The van der Waals surface area contributed by atoms with E-state index in [9.17, 15) is 4.79 Å². The van der Waals surface area contributed by atoms with E-state index in [1.54, 1.807) is 19.1 Å². The van der Waals surface area contributed by atoms with Crippen molar-refractivity contribution in [3.8, 4) is 5.75 Å². The van der Waals surface area contributed by atoms with Gasteiger partial charge in [0.25, 0.3) is 5.91 Å². The van der Waals surface area contributed by atoms with Gasteiger partial charge in [0.1, 0.15) is 5.75 Å². The van der Waals surface area contributed by atoms with Crippen molar-refractivity contribution in [1.82, 2.24) is 10.6 Å². The summed E-state index contributed by atoms with van der Waals surface area (Å²) >= 11 is 6.00. The van der Waals surface area contributed by atoms with E-state index in [1.807, 2.05) is 13.0 Å². The van der Waals surface area contributed by atoms with Crippen LogP contribution in [-0.4, -0.2) is 12.0 Å². The van der Waals surface area contributed by atoms with Gasteiger partial charge in [-0.15, -0.1) is 12.4 Å². The predicted molar refractivity (Wildman–Crippen MR) is 102 cm³/mol. The van der Waals surface area contributed by atoms with Crippen molar-refractivity contribution < 1.29 is 9.53 Å². The lowest BCUT2D eigenvalue weighted by molar-refractivity contribution is -0.127. The van der Waals surface area contributed by atoms with E-state index in [4.69, 9.17) is 16.3 Å². The molecule has 0 fully saturated rings. The molecule has 4 nitrogen and oxygen atoms in total. The Labute approximate surface area is 159 Å². The molecule has 0 saturated carbocycles. The molecule has 1 aliphatic heterocycles. The number of halogens is 2. The number of nitrogens with one attached hydrogen (secondary N) is 2. The minimum absolute atomic E-state index is 0. The normalized spacial score (nSPS) is 13.6. The lowest BCUT2D eigenvalue weighted by Crippen LogP contribution is -2.35. The van der Waals surface area contributed by atoms with Crippen LogP contribution in [0.1, 0.15) is 29.2 Å². The summed E-state index contributed by atoms with van der Waals surface area (Å²) < 4.78 is 5.69. The van der Waals surface area contributed by atoms with Gasteiger partial charge in [0.15, 0.2) is 6.10 Å². The van der Waals surface area contributed by atoms with Gasteiger partial charge in [-0.25, -0.2) is 0 Å². The van der Waals surface area contributed by atoms with Crippen molar-refractivity contribution in [2.75, 3.05) is 0 Å². The number of hydrogen-bond acceptors (Lipinski definition) is 3. The average molecular weight is 381 g/mol. The van der Waals surface area contributed by atoms with Crippen molar-refractivity contribution >= 4 is 29.9 Å². The van der Waals surface area contributed by atoms with E-state index in [0.29, 0.717) is 17.3 Å². The number of rotatable bonds is 5. The third-order valence-electron chi connectivity index (χ3n) is 4.18.